The summed E-state index contributed by atoms with van der Waals surface area (Å²) in [4.78, 5) is 28.0. The van der Waals surface area contributed by atoms with E-state index in [1.807, 2.05) is 42.5 Å². The number of benzene rings is 2. The van der Waals surface area contributed by atoms with E-state index in [1.165, 1.54) is 0 Å². The van der Waals surface area contributed by atoms with E-state index in [4.69, 9.17) is 14.2 Å². The lowest BCUT2D eigenvalue weighted by Gasteiger charge is -2.30. The van der Waals surface area contributed by atoms with Gasteiger partial charge in [0.2, 0.25) is 12.7 Å². The van der Waals surface area contributed by atoms with Crippen LogP contribution in [0, 0.1) is 0 Å². The van der Waals surface area contributed by atoms with Crippen molar-refractivity contribution in [3.05, 3.63) is 53.6 Å². The first-order valence-electron chi connectivity index (χ1n) is 10.4. The van der Waals surface area contributed by atoms with Crippen molar-refractivity contribution >= 4 is 11.8 Å². The van der Waals surface area contributed by atoms with E-state index in [-0.39, 0.29) is 37.8 Å². The molecule has 0 aromatic heterocycles. The van der Waals surface area contributed by atoms with Crippen LogP contribution in [0.25, 0.3) is 0 Å². The Morgan fingerprint density at radius 3 is 2.67 bits per heavy atom. The number of hydrogen-bond acceptors (Lipinski definition) is 5. The number of amides is 2. The standard InChI is InChI=1S/C23H24N2O5/c26-21-13-28-18-8-4-3-7-17(18)22(23(27)24-16-5-1-2-6-16)25(21)12-15-9-10-19-20(11-15)30-14-29-19/h3-4,7-11,16,22H,1-2,5-6,12-14H2,(H,24,27). The third-order valence-electron chi connectivity index (χ3n) is 5.94. The molecule has 2 aromatic rings. The highest BCUT2D eigenvalue weighted by molar-refractivity contribution is 5.90. The number of hydrogen-bond donors (Lipinski definition) is 1. The van der Waals surface area contributed by atoms with E-state index < -0.39 is 6.04 Å². The van der Waals surface area contributed by atoms with Crippen molar-refractivity contribution in [2.75, 3.05) is 13.4 Å². The van der Waals surface area contributed by atoms with Crippen molar-refractivity contribution in [2.24, 2.45) is 0 Å². The fraction of sp³-hybridized carbons (Fsp3) is 0.391. The number of rotatable bonds is 4. The Hall–Kier alpha value is -3.22. The van der Waals surface area contributed by atoms with Crippen molar-refractivity contribution in [1.29, 1.82) is 0 Å². The molecule has 0 saturated heterocycles. The lowest BCUT2D eigenvalue weighted by Crippen LogP contribution is -2.45. The molecule has 1 fully saturated rings. The molecule has 1 aliphatic carbocycles. The van der Waals surface area contributed by atoms with Gasteiger partial charge >= 0.3 is 0 Å². The lowest BCUT2D eigenvalue weighted by molar-refractivity contribution is -0.142. The quantitative estimate of drug-likeness (QED) is 0.842. The van der Waals surface area contributed by atoms with Crippen molar-refractivity contribution in [3.63, 3.8) is 0 Å². The molecular weight excluding hydrogens is 384 g/mol. The molecule has 5 rings (SSSR count). The fourth-order valence-corrected chi connectivity index (χ4v) is 4.42. The van der Waals surface area contributed by atoms with Crippen LogP contribution in [0.5, 0.6) is 17.2 Å². The van der Waals surface area contributed by atoms with Gasteiger partial charge in [0.1, 0.15) is 11.8 Å². The van der Waals surface area contributed by atoms with Gasteiger partial charge in [0, 0.05) is 18.2 Å². The van der Waals surface area contributed by atoms with Crippen LogP contribution >= 0.6 is 0 Å². The molecule has 2 amide bonds. The van der Waals surface area contributed by atoms with E-state index in [2.05, 4.69) is 5.32 Å². The number of para-hydroxylation sites is 1. The molecule has 2 aliphatic heterocycles. The minimum Gasteiger partial charge on any atom is -0.483 e. The average Bonchev–Trinajstić information content (AvgIpc) is 3.41. The van der Waals surface area contributed by atoms with E-state index in [9.17, 15) is 9.59 Å². The van der Waals surface area contributed by atoms with Gasteiger partial charge in [-0.3, -0.25) is 9.59 Å². The molecule has 2 heterocycles. The van der Waals surface area contributed by atoms with Crippen LogP contribution in [0.3, 0.4) is 0 Å². The molecule has 30 heavy (non-hydrogen) atoms. The van der Waals surface area contributed by atoms with E-state index in [1.54, 1.807) is 4.90 Å². The summed E-state index contributed by atoms with van der Waals surface area (Å²) in [6, 6.07) is 12.4. The first kappa shape index (κ1) is 18.8. The van der Waals surface area contributed by atoms with Crippen LogP contribution in [0.1, 0.15) is 42.9 Å². The molecular formula is C23H24N2O5. The second-order valence-corrected chi connectivity index (χ2v) is 7.93. The van der Waals surface area contributed by atoms with Gasteiger partial charge in [0.05, 0.1) is 0 Å². The third-order valence-corrected chi connectivity index (χ3v) is 5.94. The zero-order chi connectivity index (χ0) is 20.5. The number of nitrogens with zero attached hydrogens (tertiary/aromatic N) is 1. The van der Waals surface area contributed by atoms with Crippen molar-refractivity contribution < 1.29 is 23.8 Å². The normalized spacial score (nSPS) is 20.5. The Kier molecular flexibility index (Phi) is 4.94. The maximum Gasteiger partial charge on any atom is 0.261 e. The maximum atomic E-state index is 13.4. The number of nitrogens with one attached hydrogen (secondary N) is 1. The molecule has 0 radical (unpaired) electrons. The molecule has 156 valence electrons. The lowest BCUT2D eigenvalue weighted by atomic mass is 10.0. The molecule has 2 aromatic carbocycles. The SMILES string of the molecule is O=C(NC1CCCC1)C1c2ccccc2OCC(=O)N1Cc1ccc2c(c1)OCO2. The Morgan fingerprint density at radius 1 is 1.00 bits per heavy atom. The number of carbonyl (C=O) groups excluding carboxylic acids is 2. The van der Waals surface area contributed by atoms with E-state index in [0.29, 0.717) is 22.8 Å². The van der Waals surface area contributed by atoms with Crippen LogP contribution in [0.2, 0.25) is 0 Å². The molecule has 7 nitrogen and oxygen atoms in total. The van der Waals surface area contributed by atoms with E-state index >= 15 is 0 Å². The van der Waals surface area contributed by atoms with Crippen LogP contribution in [-0.4, -0.2) is 36.2 Å². The monoisotopic (exact) mass is 408 g/mol. The Morgan fingerprint density at radius 2 is 1.80 bits per heavy atom. The number of fused-ring (bicyclic) bond motifs is 2. The molecule has 0 spiro atoms. The zero-order valence-electron chi connectivity index (χ0n) is 16.6. The van der Waals surface area contributed by atoms with Gasteiger partial charge < -0.3 is 24.4 Å². The summed E-state index contributed by atoms with van der Waals surface area (Å²) < 4.78 is 16.6. The number of ether oxygens (including phenoxy) is 3. The highest BCUT2D eigenvalue weighted by Crippen LogP contribution is 2.36. The van der Waals surface area contributed by atoms with E-state index in [0.717, 1.165) is 31.2 Å². The summed E-state index contributed by atoms with van der Waals surface area (Å²) in [7, 11) is 0. The van der Waals surface area contributed by atoms with Gasteiger partial charge in [-0.25, -0.2) is 0 Å². The summed E-state index contributed by atoms with van der Waals surface area (Å²) in [6.07, 6.45) is 4.20. The minimum atomic E-state index is -0.748. The van der Waals surface area contributed by atoms with Crippen LogP contribution in [0.15, 0.2) is 42.5 Å². The first-order chi connectivity index (χ1) is 14.7. The largest absolute Gasteiger partial charge is 0.483 e. The van der Waals surface area contributed by atoms with Crippen molar-refractivity contribution in [1.82, 2.24) is 10.2 Å². The van der Waals surface area contributed by atoms with Crippen LogP contribution in [-0.2, 0) is 16.1 Å². The Bertz CT molecular complexity index is 970. The fourth-order valence-electron chi connectivity index (χ4n) is 4.42. The second kappa shape index (κ2) is 7.89. The Balaban J connectivity index is 1.48. The molecule has 3 aliphatic rings. The molecule has 7 heteroatoms. The van der Waals surface area contributed by atoms with Gasteiger partial charge in [0.15, 0.2) is 18.1 Å². The first-order valence-corrected chi connectivity index (χ1v) is 10.4. The van der Waals surface area contributed by atoms with Gasteiger partial charge in [-0.15, -0.1) is 0 Å². The summed E-state index contributed by atoms with van der Waals surface area (Å²) in [5.41, 5.74) is 1.57. The summed E-state index contributed by atoms with van der Waals surface area (Å²) in [5, 5.41) is 3.16. The number of carbonyl (C=O) groups is 2. The summed E-state index contributed by atoms with van der Waals surface area (Å²) in [5.74, 6) is 1.53. The minimum absolute atomic E-state index is 0.102. The highest BCUT2D eigenvalue weighted by Gasteiger charge is 2.37. The van der Waals surface area contributed by atoms with Crippen LogP contribution < -0.4 is 19.5 Å². The predicted octanol–water partition coefficient (Wildman–Crippen LogP) is 2.94. The predicted molar refractivity (Wildman–Crippen MR) is 108 cm³/mol. The highest BCUT2D eigenvalue weighted by atomic mass is 16.7. The third kappa shape index (κ3) is 3.56. The summed E-state index contributed by atoms with van der Waals surface area (Å²) >= 11 is 0. The van der Waals surface area contributed by atoms with Crippen molar-refractivity contribution in [2.45, 2.75) is 44.3 Å². The second-order valence-electron chi connectivity index (χ2n) is 7.93. The smallest absolute Gasteiger partial charge is 0.261 e. The van der Waals surface area contributed by atoms with Crippen LogP contribution in [0.4, 0.5) is 0 Å². The zero-order valence-corrected chi connectivity index (χ0v) is 16.6. The Labute approximate surface area is 174 Å². The average molecular weight is 408 g/mol. The van der Waals surface area contributed by atoms with Crippen molar-refractivity contribution in [3.8, 4) is 17.2 Å². The van der Waals surface area contributed by atoms with Gasteiger partial charge in [-0.1, -0.05) is 37.1 Å². The molecule has 1 atom stereocenters. The summed E-state index contributed by atoms with van der Waals surface area (Å²) in [6.45, 7) is 0.361. The molecule has 1 unspecified atom stereocenters. The maximum absolute atomic E-state index is 13.4. The topological polar surface area (TPSA) is 77.1 Å². The molecule has 1 saturated carbocycles. The molecule has 1 N–H and O–H groups in total. The van der Waals surface area contributed by atoms with Gasteiger partial charge in [0.25, 0.3) is 5.91 Å². The molecule has 0 bridgehead atoms. The van der Waals surface area contributed by atoms with Gasteiger partial charge in [-0.2, -0.15) is 0 Å². The van der Waals surface area contributed by atoms with Gasteiger partial charge in [-0.05, 0) is 36.6 Å².